The van der Waals surface area contributed by atoms with E-state index < -0.39 is 30.1 Å². The van der Waals surface area contributed by atoms with Crippen LogP contribution in [-0.2, 0) is 19.1 Å². The van der Waals surface area contributed by atoms with Crippen molar-refractivity contribution in [3.63, 3.8) is 0 Å². The molecule has 3 rings (SSSR count). The van der Waals surface area contributed by atoms with Crippen LogP contribution in [0.25, 0.3) is 11.1 Å². The number of amides is 2. The number of hydrogen-bond donors (Lipinski definition) is 2. The van der Waals surface area contributed by atoms with Crippen LogP contribution in [0.2, 0.25) is 0 Å². The second kappa shape index (κ2) is 11.0. The van der Waals surface area contributed by atoms with Crippen molar-refractivity contribution in [2.24, 2.45) is 0 Å². The quantitative estimate of drug-likeness (QED) is 0.534. The maximum absolute atomic E-state index is 12.9. The first-order valence-corrected chi connectivity index (χ1v) is 10.9. The predicted molar refractivity (Wildman–Crippen MR) is 123 cm³/mol. The first-order valence-electron chi connectivity index (χ1n) is 10.9. The van der Waals surface area contributed by atoms with E-state index >= 15 is 0 Å². The van der Waals surface area contributed by atoms with Crippen molar-refractivity contribution in [2.75, 3.05) is 27.4 Å². The molecular weight excluding hydrogens is 424 g/mol. The Morgan fingerprint density at radius 3 is 2.18 bits per heavy atom. The first kappa shape index (κ1) is 24.3. The number of carbonyl (C=O) groups is 3. The maximum atomic E-state index is 12.9. The first-order chi connectivity index (χ1) is 15.8. The zero-order chi connectivity index (χ0) is 24.0. The lowest BCUT2D eigenvalue weighted by molar-refractivity contribution is -0.149. The van der Waals surface area contributed by atoms with Crippen LogP contribution in [0.1, 0.15) is 36.8 Å². The molecule has 2 aromatic rings. The van der Waals surface area contributed by atoms with Crippen molar-refractivity contribution >= 4 is 18.0 Å². The Hall–Kier alpha value is -3.39. The van der Waals surface area contributed by atoms with Gasteiger partial charge in [0.2, 0.25) is 5.91 Å². The number of rotatable bonds is 10. The zero-order valence-electron chi connectivity index (χ0n) is 19.1. The molecule has 1 aliphatic carbocycles. The zero-order valence-corrected chi connectivity index (χ0v) is 19.1. The van der Waals surface area contributed by atoms with Crippen molar-refractivity contribution in [2.45, 2.75) is 37.8 Å². The van der Waals surface area contributed by atoms with Gasteiger partial charge in [-0.1, -0.05) is 48.5 Å². The van der Waals surface area contributed by atoms with E-state index in [1.54, 1.807) is 7.11 Å². The fraction of sp³-hybridized carbons (Fsp3) is 0.400. The standard InChI is InChI=1S/C25H30N2O6/c1-16(24(29)30)27(2)23(28)22(13-8-14-32-3)26-25(31)33-15-21-19-11-6-4-9-17(19)18-10-5-7-12-20(18)21/h4-7,9-12,16,21-22H,8,13-15H2,1-3H3,(H,26,31)(H,29,30)/t16-,22?/m0/s1. The molecule has 0 aromatic heterocycles. The summed E-state index contributed by atoms with van der Waals surface area (Å²) >= 11 is 0. The Morgan fingerprint density at radius 2 is 1.64 bits per heavy atom. The molecule has 0 spiro atoms. The highest BCUT2D eigenvalue weighted by Crippen LogP contribution is 2.44. The number of carboxylic acid groups (broad SMARTS) is 1. The Bertz CT molecular complexity index is 962. The van der Waals surface area contributed by atoms with Gasteiger partial charge in [-0.05, 0) is 42.0 Å². The molecule has 2 atom stereocenters. The molecule has 0 radical (unpaired) electrons. The van der Waals surface area contributed by atoms with Gasteiger partial charge in [0.25, 0.3) is 0 Å². The number of aliphatic carboxylic acids is 1. The lowest BCUT2D eigenvalue weighted by Crippen LogP contribution is -2.51. The maximum Gasteiger partial charge on any atom is 0.407 e. The predicted octanol–water partition coefficient (Wildman–Crippen LogP) is 3.25. The molecule has 0 saturated heterocycles. The molecule has 2 amide bonds. The summed E-state index contributed by atoms with van der Waals surface area (Å²) < 4.78 is 10.6. The molecule has 0 fully saturated rings. The van der Waals surface area contributed by atoms with Crippen molar-refractivity contribution in [1.29, 1.82) is 0 Å². The third kappa shape index (κ3) is 5.51. The van der Waals surface area contributed by atoms with E-state index in [0.29, 0.717) is 19.4 Å². The molecule has 0 heterocycles. The van der Waals surface area contributed by atoms with Gasteiger partial charge < -0.3 is 24.8 Å². The van der Waals surface area contributed by atoms with Crippen molar-refractivity contribution in [3.8, 4) is 11.1 Å². The lowest BCUT2D eigenvalue weighted by Gasteiger charge is -2.27. The monoisotopic (exact) mass is 454 g/mol. The van der Waals surface area contributed by atoms with Crippen LogP contribution in [0, 0.1) is 0 Å². The van der Waals surface area contributed by atoms with E-state index in [1.165, 1.54) is 14.0 Å². The van der Waals surface area contributed by atoms with E-state index in [0.717, 1.165) is 27.2 Å². The Balaban J connectivity index is 1.68. The molecule has 1 aliphatic rings. The summed E-state index contributed by atoms with van der Waals surface area (Å²) in [5.74, 6) is -1.71. The van der Waals surface area contributed by atoms with Crippen molar-refractivity contribution in [1.82, 2.24) is 10.2 Å². The minimum atomic E-state index is -1.12. The Labute approximate surface area is 193 Å². The number of carboxylic acids is 1. The Morgan fingerprint density at radius 1 is 1.06 bits per heavy atom. The molecule has 0 aliphatic heterocycles. The molecule has 0 saturated carbocycles. The molecule has 1 unspecified atom stereocenters. The lowest BCUT2D eigenvalue weighted by atomic mass is 9.98. The summed E-state index contributed by atoms with van der Waals surface area (Å²) in [5, 5.41) is 11.8. The molecule has 0 bridgehead atoms. The average molecular weight is 455 g/mol. The minimum absolute atomic E-state index is 0.0968. The largest absolute Gasteiger partial charge is 0.480 e. The fourth-order valence-electron chi connectivity index (χ4n) is 4.07. The average Bonchev–Trinajstić information content (AvgIpc) is 3.14. The van der Waals surface area contributed by atoms with Gasteiger partial charge in [0.05, 0.1) is 0 Å². The van der Waals surface area contributed by atoms with Gasteiger partial charge in [0.1, 0.15) is 18.7 Å². The number of carbonyl (C=O) groups excluding carboxylic acids is 2. The van der Waals surface area contributed by atoms with Crippen molar-refractivity contribution < 1.29 is 29.0 Å². The normalized spacial score (nSPS) is 14.0. The summed E-state index contributed by atoms with van der Waals surface area (Å²) in [7, 11) is 2.96. The summed E-state index contributed by atoms with van der Waals surface area (Å²) in [5.41, 5.74) is 4.43. The van der Waals surface area contributed by atoms with E-state index in [9.17, 15) is 19.5 Å². The van der Waals surface area contributed by atoms with Crippen LogP contribution in [0.5, 0.6) is 0 Å². The summed E-state index contributed by atoms with van der Waals surface area (Å²) in [6.07, 6.45) is 0.100. The van der Waals surface area contributed by atoms with Crippen molar-refractivity contribution in [3.05, 3.63) is 59.7 Å². The SMILES string of the molecule is COCCCC(NC(=O)OCC1c2ccccc2-c2ccccc21)C(=O)N(C)[C@@H](C)C(=O)O. The fourth-order valence-corrected chi connectivity index (χ4v) is 4.07. The van der Waals surface area contributed by atoms with Crippen LogP contribution < -0.4 is 5.32 Å². The Kier molecular flexibility index (Phi) is 8.06. The van der Waals surface area contributed by atoms with Gasteiger partial charge in [-0.25, -0.2) is 9.59 Å². The molecule has 33 heavy (non-hydrogen) atoms. The number of nitrogens with one attached hydrogen (secondary N) is 1. The van der Waals surface area contributed by atoms with E-state index in [2.05, 4.69) is 17.4 Å². The molecule has 2 N–H and O–H groups in total. The highest BCUT2D eigenvalue weighted by atomic mass is 16.5. The number of likely N-dealkylation sites (N-methyl/N-ethyl adjacent to an activating group) is 1. The van der Waals surface area contributed by atoms with E-state index in [4.69, 9.17) is 9.47 Å². The van der Waals surface area contributed by atoms with Crippen LogP contribution in [0.3, 0.4) is 0 Å². The molecule has 8 nitrogen and oxygen atoms in total. The molecule has 2 aromatic carbocycles. The number of hydrogen-bond acceptors (Lipinski definition) is 5. The van der Waals surface area contributed by atoms with Gasteiger partial charge in [0.15, 0.2) is 0 Å². The highest BCUT2D eigenvalue weighted by molar-refractivity contribution is 5.89. The molecule has 8 heteroatoms. The second-order valence-electron chi connectivity index (χ2n) is 8.12. The third-order valence-electron chi connectivity index (χ3n) is 6.06. The van der Waals surface area contributed by atoms with Gasteiger partial charge in [-0.3, -0.25) is 4.79 Å². The minimum Gasteiger partial charge on any atom is -0.480 e. The van der Waals surface area contributed by atoms with E-state index in [-0.39, 0.29) is 12.5 Å². The second-order valence-corrected chi connectivity index (χ2v) is 8.12. The van der Waals surface area contributed by atoms with Crippen LogP contribution in [0.15, 0.2) is 48.5 Å². The van der Waals surface area contributed by atoms with Crippen LogP contribution in [0.4, 0.5) is 4.79 Å². The van der Waals surface area contributed by atoms with E-state index in [1.807, 2.05) is 36.4 Å². The smallest absolute Gasteiger partial charge is 0.407 e. The summed E-state index contributed by atoms with van der Waals surface area (Å²) in [6.45, 7) is 1.95. The van der Waals surface area contributed by atoms with Gasteiger partial charge in [-0.15, -0.1) is 0 Å². The number of nitrogens with zero attached hydrogens (tertiary/aromatic N) is 1. The summed E-state index contributed by atoms with van der Waals surface area (Å²) in [4.78, 5) is 37.9. The topological polar surface area (TPSA) is 105 Å². The number of benzene rings is 2. The number of alkyl carbamates (subject to hydrolysis) is 1. The van der Waals surface area contributed by atoms with Gasteiger partial charge >= 0.3 is 12.1 Å². The number of fused-ring (bicyclic) bond motifs is 3. The number of ether oxygens (including phenoxy) is 2. The van der Waals surface area contributed by atoms with Gasteiger partial charge in [0, 0.05) is 26.7 Å². The van der Waals surface area contributed by atoms with Gasteiger partial charge in [-0.2, -0.15) is 0 Å². The van der Waals surface area contributed by atoms with Crippen LogP contribution >= 0.6 is 0 Å². The number of methoxy groups -OCH3 is 1. The molecule has 176 valence electrons. The van der Waals surface area contributed by atoms with Crippen LogP contribution in [-0.4, -0.2) is 67.4 Å². The highest BCUT2D eigenvalue weighted by Gasteiger charge is 2.31. The third-order valence-corrected chi connectivity index (χ3v) is 6.06. The summed E-state index contributed by atoms with van der Waals surface area (Å²) in [6, 6.07) is 14.1. The molecular formula is C25H30N2O6.